The van der Waals surface area contributed by atoms with E-state index in [-0.39, 0.29) is 29.8 Å². The molecule has 0 spiro atoms. The first-order valence-electron chi connectivity index (χ1n) is 7.67. The third-order valence-corrected chi connectivity index (χ3v) is 3.96. The Morgan fingerprint density at radius 1 is 0.833 bits per heavy atom. The van der Waals surface area contributed by atoms with Crippen LogP contribution in [0.1, 0.15) is 52.8 Å². The van der Waals surface area contributed by atoms with E-state index < -0.39 is 11.9 Å². The van der Waals surface area contributed by atoms with Gasteiger partial charge < -0.3 is 25.5 Å². The quantitative estimate of drug-likeness (QED) is 0.561. The van der Waals surface area contributed by atoms with Crippen molar-refractivity contribution >= 4 is 11.9 Å². The number of rotatable bonds is 4. The Hall–Kier alpha value is -1.96. The van der Waals surface area contributed by atoms with Gasteiger partial charge in [-0.15, -0.1) is 0 Å². The van der Waals surface area contributed by atoms with Gasteiger partial charge in [-0.1, -0.05) is 19.3 Å². The van der Waals surface area contributed by atoms with Crippen molar-refractivity contribution < 1.29 is 35.1 Å². The molecular formula is C17H26O7. The van der Waals surface area contributed by atoms with Crippen molar-refractivity contribution in [2.75, 3.05) is 20.3 Å². The zero-order chi connectivity index (χ0) is 18.6. The monoisotopic (exact) mass is 342 g/mol. The fourth-order valence-corrected chi connectivity index (χ4v) is 2.42. The van der Waals surface area contributed by atoms with Crippen molar-refractivity contribution in [2.45, 2.75) is 32.1 Å². The minimum atomic E-state index is -1.06. The van der Waals surface area contributed by atoms with Crippen molar-refractivity contribution in [3.8, 4) is 0 Å². The van der Waals surface area contributed by atoms with Crippen molar-refractivity contribution in [2.24, 2.45) is 5.41 Å². The zero-order valence-electron chi connectivity index (χ0n) is 13.8. The molecule has 0 radical (unpaired) electrons. The lowest BCUT2D eigenvalue weighted by molar-refractivity contribution is 0.0234. The summed E-state index contributed by atoms with van der Waals surface area (Å²) in [5, 5.41) is 41.9. The highest BCUT2D eigenvalue weighted by atomic mass is 16.4. The highest BCUT2D eigenvalue weighted by molar-refractivity contribution is 5.91. The Kier molecular flexibility index (Phi) is 10.6. The molecule has 1 aromatic carbocycles. The summed E-state index contributed by atoms with van der Waals surface area (Å²) >= 11 is 0. The van der Waals surface area contributed by atoms with E-state index in [1.807, 2.05) is 0 Å². The average molecular weight is 342 g/mol. The van der Waals surface area contributed by atoms with Crippen LogP contribution in [0.5, 0.6) is 0 Å². The fraction of sp³-hybridized carbons (Fsp3) is 0.529. The summed E-state index contributed by atoms with van der Waals surface area (Å²) in [7, 11) is 1.00. The first-order valence-corrected chi connectivity index (χ1v) is 7.67. The summed E-state index contributed by atoms with van der Waals surface area (Å²) in [6, 6.07) is 5.02. The minimum absolute atomic E-state index is 0.0833. The van der Waals surface area contributed by atoms with Crippen LogP contribution in [0.15, 0.2) is 24.3 Å². The van der Waals surface area contributed by atoms with Gasteiger partial charge in [0.2, 0.25) is 0 Å². The molecule has 1 saturated carbocycles. The third kappa shape index (κ3) is 7.08. The van der Waals surface area contributed by atoms with Crippen LogP contribution in [-0.4, -0.2) is 57.8 Å². The molecule has 0 unspecified atom stereocenters. The van der Waals surface area contributed by atoms with E-state index in [0.29, 0.717) is 0 Å². The zero-order valence-corrected chi connectivity index (χ0v) is 13.8. The molecule has 5 N–H and O–H groups in total. The van der Waals surface area contributed by atoms with E-state index in [9.17, 15) is 9.59 Å². The molecule has 0 bridgehead atoms. The number of benzene rings is 1. The topological polar surface area (TPSA) is 135 Å². The van der Waals surface area contributed by atoms with E-state index in [4.69, 9.17) is 25.5 Å². The van der Waals surface area contributed by atoms with E-state index in [0.717, 1.165) is 20.0 Å². The number of aliphatic hydroxyl groups excluding tert-OH is 3. The van der Waals surface area contributed by atoms with Gasteiger partial charge in [-0.25, -0.2) is 9.59 Å². The normalized spacial score (nSPS) is 15.2. The highest BCUT2D eigenvalue weighted by Gasteiger charge is 2.30. The maximum Gasteiger partial charge on any atom is 0.335 e. The van der Waals surface area contributed by atoms with Crippen LogP contribution in [0.2, 0.25) is 0 Å². The molecule has 0 saturated heterocycles. The Bertz CT molecular complexity index is 451. The number of carboxylic acid groups (broad SMARTS) is 2. The molecule has 7 nitrogen and oxygen atoms in total. The van der Waals surface area contributed by atoms with Gasteiger partial charge in [0.05, 0.1) is 24.3 Å². The summed E-state index contributed by atoms with van der Waals surface area (Å²) < 4.78 is 0. The van der Waals surface area contributed by atoms with Crippen LogP contribution in [0.25, 0.3) is 0 Å². The van der Waals surface area contributed by atoms with Gasteiger partial charge in [-0.2, -0.15) is 0 Å². The van der Waals surface area contributed by atoms with Crippen LogP contribution < -0.4 is 0 Å². The van der Waals surface area contributed by atoms with Gasteiger partial charge in [0, 0.05) is 12.5 Å². The van der Waals surface area contributed by atoms with Gasteiger partial charge in [-0.05, 0) is 37.1 Å². The van der Waals surface area contributed by atoms with Crippen molar-refractivity contribution in [3.05, 3.63) is 35.4 Å². The number of aromatic carboxylic acids is 2. The molecule has 0 aromatic heterocycles. The van der Waals surface area contributed by atoms with Gasteiger partial charge >= 0.3 is 11.9 Å². The van der Waals surface area contributed by atoms with Crippen LogP contribution in [-0.2, 0) is 0 Å². The molecule has 1 aliphatic rings. The van der Waals surface area contributed by atoms with Crippen LogP contribution in [0.4, 0.5) is 0 Å². The second-order valence-corrected chi connectivity index (χ2v) is 5.56. The average Bonchev–Trinajstić information content (AvgIpc) is 2.64. The maximum atomic E-state index is 10.3. The van der Waals surface area contributed by atoms with Gasteiger partial charge in [0.15, 0.2) is 0 Å². The molecule has 1 aliphatic carbocycles. The standard InChI is InChI=1S/C8H6O4.C8H16O2.CH4O/c9-7(10)5-1-2-6(4-3-5)8(11)12;9-6-8(7-10)4-2-1-3-5-8;1-2/h1-4H,(H,9,10)(H,11,12);9-10H,1-7H2;2H,1H3. The summed E-state index contributed by atoms with van der Waals surface area (Å²) in [6.07, 6.45) is 5.60. The second kappa shape index (κ2) is 11.6. The summed E-state index contributed by atoms with van der Waals surface area (Å²) in [6.45, 7) is 0.312. The molecule has 7 heteroatoms. The molecule has 0 atom stereocenters. The Labute approximate surface area is 141 Å². The van der Waals surface area contributed by atoms with Crippen molar-refractivity contribution in [1.82, 2.24) is 0 Å². The summed E-state index contributed by atoms with van der Waals surface area (Å²) in [4.78, 5) is 20.7. The molecule has 0 aliphatic heterocycles. The van der Waals surface area contributed by atoms with Gasteiger partial charge in [-0.3, -0.25) is 0 Å². The lowest BCUT2D eigenvalue weighted by Crippen LogP contribution is -2.31. The van der Waals surface area contributed by atoms with Crippen LogP contribution >= 0.6 is 0 Å². The molecule has 1 fully saturated rings. The van der Waals surface area contributed by atoms with Crippen molar-refractivity contribution in [1.29, 1.82) is 0 Å². The molecule has 1 aromatic rings. The first kappa shape index (κ1) is 22.0. The number of carboxylic acids is 2. The number of hydrogen-bond acceptors (Lipinski definition) is 5. The molecule has 136 valence electrons. The van der Waals surface area contributed by atoms with E-state index in [1.165, 1.54) is 43.5 Å². The fourth-order valence-electron chi connectivity index (χ4n) is 2.42. The Morgan fingerprint density at radius 2 is 1.17 bits per heavy atom. The number of aliphatic hydroxyl groups is 3. The predicted molar refractivity (Wildman–Crippen MR) is 88.2 cm³/mol. The van der Waals surface area contributed by atoms with Gasteiger partial charge in [0.1, 0.15) is 0 Å². The van der Waals surface area contributed by atoms with Crippen LogP contribution in [0.3, 0.4) is 0 Å². The van der Waals surface area contributed by atoms with E-state index >= 15 is 0 Å². The third-order valence-electron chi connectivity index (χ3n) is 3.96. The highest BCUT2D eigenvalue weighted by Crippen LogP contribution is 2.34. The van der Waals surface area contributed by atoms with Crippen LogP contribution in [0, 0.1) is 5.41 Å². The lowest BCUT2D eigenvalue weighted by atomic mass is 9.75. The smallest absolute Gasteiger partial charge is 0.335 e. The number of carbonyl (C=O) groups is 2. The number of hydrogen-bond donors (Lipinski definition) is 5. The lowest BCUT2D eigenvalue weighted by Gasteiger charge is -2.33. The molecule has 0 heterocycles. The summed E-state index contributed by atoms with van der Waals surface area (Å²) in [5.74, 6) is -2.13. The molecular weight excluding hydrogens is 316 g/mol. The Morgan fingerprint density at radius 3 is 1.38 bits per heavy atom. The SMILES string of the molecule is CO.O=C(O)c1ccc(C(=O)O)cc1.OCC1(CO)CCCCC1. The van der Waals surface area contributed by atoms with Gasteiger partial charge in [0.25, 0.3) is 0 Å². The second-order valence-electron chi connectivity index (χ2n) is 5.56. The first-order chi connectivity index (χ1) is 11.4. The molecule has 0 amide bonds. The minimum Gasteiger partial charge on any atom is -0.478 e. The maximum absolute atomic E-state index is 10.3. The predicted octanol–water partition coefficient (Wildman–Crippen LogP) is 1.61. The van der Waals surface area contributed by atoms with E-state index in [1.54, 1.807) is 0 Å². The Balaban J connectivity index is 0.000000405. The molecule has 24 heavy (non-hydrogen) atoms. The van der Waals surface area contributed by atoms with Crippen molar-refractivity contribution in [3.63, 3.8) is 0 Å². The van der Waals surface area contributed by atoms with E-state index in [2.05, 4.69) is 0 Å². The largest absolute Gasteiger partial charge is 0.478 e. The molecule has 2 rings (SSSR count). The summed E-state index contributed by atoms with van der Waals surface area (Å²) in [5.41, 5.74) is 0.0399.